The highest BCUT2D eigenvalue weighted by atomic mass is 19.1. The van der Waals surface area contributed by atoms with Crippen LogP contribution >= 0.6 is 0 Å². The first-order chi connectivity index (χ1) is 9.44. The van der Waals surface area contributed by atoms with Crippen molar-refractivity contribution in [2.45, 2.75) is 26.4 Å². The van der Waals surface area contributed by atoms with E-state index in [4.69, 9.17) is 4.74 Å². The molecule has 0 saturated heterocycles. The molecular formula is C17H16FNO. The Morgan fingerprint density at radius 2 is 1.95 bits per heavy atom. The minimum Gasteiger partial charge on any atom is -0.483 e. The number of rotatable bonds is 1. The number of ether oxygens (including phenoxy) is 1. The van der Waals surface area contributed by atoms with Crippen molar-refractivity contribution in [3.05, 3.63) is 65.2 Å². The van der Waals surface area contributed by atoms with E-state index in [-0.39, 0.29) is 5.82 Å². The molecule has 1 aliphatic rings. The summed E-state index contributed by atoms with van der Waals surface area (Å²) < 4.78 is 19.0. The normalized spacial score (nSPS) is 16.1. The van der Waals surface area contributed by atoms with Crippen molar-refractivity contribution in [1.82, 2.24) is 4.98 Å². The largest absolute Gasteiger partial charge is 0.483 e. The van der Waals surface area contributed by atoms with Gasteiger partial charge in [0.25, 0.3) is 0 Å². The molecule has 102 valence electrons. The number of aryl methyl sites for hydroxylation is 1. The van der Waals surface area contributed by atoms with Crippen molar-refractivity contribution in [1.29, 1.82) is 0 Å². The number of halogens is 1. The molecule has 2 heterocycles. The first kappa shape index (κ1) is 12.9. The predicted molar refractivity (Wildman–Crippen MR) is 77.2 cm³/mol. The van der Waals surface area contributed by atoms with Gasteiger partial charge in [0.2, 0.25) is 0 Å². The summed E-state index contributed by atoms with van der Waals surface area (Å²) in [5.41, 5.74) is 3.47. The van der Waals surface area contributed by atoms with Gasteiger partial charge in [0.15, 0.2) is 0 Å². The molecule has 0 N–H and O–H groups in total. The lowest BCUT2D eigenvalue weighted by atomic mass is 9.92. The smallest absolute Gasteiger partial charge is 0.141 e. The van der Waals surface area contributed by atoms with Gasteiger partial charge in [0.05, 0.1) is 11.9 Å². The molecule has 1 aromatic heterocycles. The first-order valence-electron chi connectivity index (χ1n) is 6.59. The third-order valence-electron chi connectivity index (χ3n) is 3.30. The van der Waals surface area contributed by atoms with Crippen LogP contribution < -0.4 is 4.74 Å². The maximum absolute atomic E-state index is 13.0. The van der Waals surface area contributed by atoms with E-state index in [2.05, 4.69) is 4.98 Å². The van der Waals surface area contributed by atoms with Gasteiger partial charge in [0, 0.05) is 11.1 Å². The molecule has 0 bridgehead atoms. The van der Waals surface area contributed by atoms with Crippen LogP contribution in [-0.4, -0.2) is 10.6 Å². The summed E-state index contributed by atoms with van der Waals surface area (Å²) in [4.78, 5) is 4.19. The van der Waals surface area contributed by atoms with Gasteiger partial charge in [-0.15, -0.1) is 0 Å². The van der Waals surface area contributed by atoms with Crippen LogP contribution in [0.2, 0.25) is 0 Å². The van der Waals surface area contributed by atoms with Crippen molar-refractivity contribution < 1.29 is 9.13 Å². The van der Waals surface area contributed by atoms with Gasteiger partial charge in [-0.25, -0.2) is 4.39 Å². The van der Waals surface area contributed by atoms with Crippen LogP contribution in [-0.2, 0) is 0 Å². The lowest BCUT2D eigenvalue weighted by Gasteiger charge is -2.31. The van der Waals surface area contributed by atoms with Crippen molar-refractivity contribution in [3.8, 4) is 5.75 Å². The summed E-state index contributed by atoms with van der Waals surface area (Å²) in [6.07, 6.45) is 3.28. The molecule has 0 radical (unpaired) electrons. The molecule has 1 aliphatic heterocycles. The molecule has 0 fully saturated rings. The highest BCUT2D eigenvalue weighted by Gasteiger charge is 2.27. The lowest BCUT2D eigenvalue weighted by molar-refractivity contribution is 0.158. The van der Waals surface area contributed by atoms with Gasteiger partial charge >= 0.3 is 0 Å². The number of nitrogens with zero attached hydrogens (tertiary/aromatic N) is 1. The number of benzene rings is 1. The molecule has 2 aromatic rings. The lowest BCUT2D eigenvalue weighted by Crippen LogP contribution is -2.29. The molecule has 0 aliphatic carbocycles. The van der Waals surface area contributed by atoms with E-state index in [1.165, 1.54) is 12.3 Å². The maximum Gasteiger partial charge on any atom is 0.141 e. The van der Waals surface area contributed by atoms with E-state index < -0.39 is 5.60 Å². The quantitative estimate of drug-likeness (QED) is 0.776. The zero-order chi connectivity index (χ0) is 14.3. The van der Waals surface area contributed by atoms with Gasteiger partial charge in [-0.05, 0) is 50.6 Å². The molecule has 0 amide bonds. The maximum atomic E-state index is 13.0. The molecule has 0 unspecified atom stereocenters. The second kappa shape index (κ2) is 4.44. The van der Waals surface area contributed by atoms with Gasteiger partial charge in [-0.2, -0.15) is 0 Å². The van der Waals surface area contributed by atoms with Crippen LogP contribution in [0.15, 0.2) is 42.6 Å². The van der Waals surface area contributed by atoms with Gasteiger partial charge < -0.3 is 4.74 Å². The Bertz CT molecular complexity index is 687. The van der Waals surface area contributed by atoms with E-state index in [9.17, 15) is 4.39 Å². The van der Waals surface area contributed by atoms with Crippen molar-refractivity contribution >= 4 is 5.57 Å². The van der Waals surface area contributed by atoms with Gasteiger partial charge in [-0.1, -0.05) is 12.1 Å². The van der Waals surface area contributed by atoms with Crippen LogP contribution in [0.5, 0.6) is 5.75 Å². The fourth-order valence-electron chi connectivity index (χ4n) is 2.42. The summed E-state index contributed by atoms with van der Waals surface area (Å²) >= 11 is 0. The first-order valence-corrected chi connectivity index (χ1v) is 6.59. The predicted octanol–water partition coefficient (Wildman–Crippen LogP) is 4.13. The fraction of sp³-hybridized carbons (Fsp3) is 0.235. The third kappa shape index (κ3) is 2.31. The minimum atomic E-state index is -0.411. The van der Waals surface area contributed by atoms with Crippen molar-refractivity contribution in [2.75, 3.05) is 0 Å². The van der Waals surface area contributed by atoms with Crippen molar-refractivity contribution in [2.24, 2.45) is 0 Å². The topological polar surface area (TPSA) is 22.1 Å². The summed E-state index contributed by atoms with van der Waals surface area (Å²) in [6.45, 7) is 6.04. The van der Waals surface area contributed by atoms with Crippen LogP contribution in [0.3, 0.4) is 0 Å². The zero-order valence-electron chi connectivity index (χ0n) is 11.8. The van der Waals surface area contributed by atoms with E-state index in [0.29, 0.717) is 0 Å². The Balaban J connectivity index is 2.18. The minimum absolute atomic E-state index is 0.329. The van der Waals surface area contributed by atoms with E-state index in [1.807, 2.05) is 45.0 Å². The molecule has 3 rings (SSSR count). The average Bonchev–Trinajstić information content (AvgIpc) is 2.37. The number of aromatic nitrogens is 1. The van der Waals surface area contributed by atoms with Crippen LogP contribution in [0.4, 0.5) is 4.39 Å². The summed E-state index contributed by atoms with van der Waals surface area (Å²) in [5, 5.41) is 0. The molecule has 20 heavy (non-hydrogen) atoms. The highest BCUT2D eigenvalue weighted by Crippen LogP contribution is 2.39. The molecule has 2 nitrogen and oxygen atoms in total. The van der Waals surface area contributed by atoms with Gasteiger partial charge in [0.1, 0.15) is 17.2 Å². The number of fused-ring (bicyclic) bond motifs is 1. The Morgan fingerprint density at radius 3 is 2.65 bits per heavy atom. The van der Waals surface area contributed by atoms with Crippen molar-refractivity contribution in [3.63, 3.8) is 0 Å². The SMILES string of the molecule is Cc1ccc2c(c1)OC(C)(C)C=C2c1ccc(F)cn1. The Kier molecular flexibility index (Phi) is 2.85. The Hall–Kier alpha value is -2.16. The third-order valence-corrected chi connectivity index (χ3v) is 3.30. The molecular weight excluding hydrogens is 253 g/mol. The second-order valence-electron chi connectivity index (χ2n) is 5.62. The molecule has 0 spiro atoms. The molecule has 3 heteroatoms. The van der Waals surface area contributed by atoms with Crippen LogP contribution in [0.25, 0.3) is 5.57 Å². The average molecular weight is 269 g/mol. The number of hydrogen-bond donors (Lipinski definition) is 0. The number of hydrogen-bond acceptors (Lipinski definition) is 2. The Labute approximate surface area is 117 Å². The molecule has 0 saturated carbocycles. The summed E-state index contributed by atoms with van der Waals surface area (Å²) in [6, 6.07) is 9.22. The van der Waals surface area contributed by atoms with Gasteiger partial charge in [-0.3, -0.25) is 4.98 Å². The van der Waals surface area contributed by atoms with E-state index in [0.717, 1.165) is 28.1 Å². The molecule has 1 aromatic carbocycles. The van der Waals surface area contributed by atoms with Crippen LogP contribution in [0.1, 0.15) is 30.7 Å². The van der Waals surface area contributed by atoms with E-state index >= 15 is 0 Å². The second-order valence-corrected chi connectivity index (χ2v) is 5.62. The summed E-state index contributed by atoms with van der Waals surface area (Å²) in [7, 11) is 0. The zero-order valence-corrected chi connectivity index (χ0v) is 11.8. The van der Waals surface area contributed by atoms with E-state index in [1.54, 1.807) is 6.07 Å². The summed E-state index contributed by atoms with van der Waals surface area (Å²) in [5.74, 6) is 0.517. The highest BCUT2D eigenvalue weighted by molar-refractivity contribution is 5.83. The Morgan fingerprint density at radius 1 is 1.15 bits per heavy atom. The molecule has 0 atom stereocenters. The number of pyridine rings is 1. The van der Waals surface area contributed by atoms with Crippen LogP contribution in [0, 0.1) is 12.7 Å². The monoisotopic (exact) mass is 269 g/mol. The standard InChI is InChI=1S/C17H16FNO/c1-11-4-6-13-14(15-7-5-12(18)10-19-15)9-17(2,3)20-16(13)8-11/h4-10H,1-3H3. The fourth-order valence-corrected chi connectivity index (χ4v) is 2.42.